The summed E-state index contributed by atoms with van der Waals surface area (Å²) in [6, 6.07) is -1.73. The molecular weight excluding hydrogens is 318 g/mol. The third-order valence-electron chi connectivity index (χ3n) is 2.45. The zero-order valence-corrected chi connectivity index (χ0v) is 12.4. The van der Waals surface area contributed by atoms with Crippen LogP contribution in [0.25, 0.3) is 0 Å². The Hall–Kier alpha value is -1.15. The van der Waals surface area contributed by atoms with E-state index < -0.39 is 24.0 Å². The van der Waals surface area contributed by atoms with Gasteiger partial charge in [0.25, 0.3) is 0 Å². The summed E-state index contributed by atoms with van der Waals surface area (Å²) < 4.78 is 0. The number of carbonyl (C=O) groups is 3. The average Bonchev–Trinajstić information content (AvgIpc) is 2.37. The molecule has 0 heterocycles. The molecule has 0 spiro atoms. The number of unbranched alkanes of at least 4 members (excludes halogenated alkanes) is 1. The van der Waals surface area contributed by atoms with Crippen LogP contribution in [0.15, 0.2) is 0 Å². The summed E-state index contributed by atoms with van der Waals surface area (Å²) >= 11 is 2.99. The van der Waals surface area contributed by atoms with Gasteiger partial charge in [0.1, 0.15) is 12.1 Å². The second-order valence-electron chi connectivity index (χ2n) is 4.11. The van der Waals surface area contributed by atoms with Crippen LogP contribution in [-0.2, 0) is 14.4 Å². The number of alkyl halides is 1. The first-order valence-corrected chi connectivity index (χ1v) is 7.13. The first-order chi connectivity index (χ1) is 8.92. The van der Waals surface area contributed by atoms with E-state index in [2.05, 4.69) is 26.6 Å². The molecule has 0 aromatic rings. The molecule has 0 fully saturated rings. The molecule has 0 aliphatic rings. The van der Waals surface area contributed by atoms with E-state index in [1.807, 2.05) is 0 Å². The van der Waals surface area contributed by atoms with Crippen molar-refractivity contribution in [2.75, 3.05) is 11.9 Å². The molecule has 110 valence electrons. The number of carbonyl (C=O) groups excluding carboxylic acids is 2. The summed E-state index contributed by atoms with van der Waals surface area (Å²) in [6.07, 6.45) is 1.84. The summed E-state index contributed by atoms with van der Waals surface area (Å²) in [5.74, 6) is -1.95. The summed E-state index contributed by atoms with van der Waals surface area (Å²) in [6.45, 7) is 1.87. The molecule has 2 amide bonds. The van der Waals surface area contributed by atoms with Gasteiger partial charge in [-0.1, -0.05) is 15.9 Å². The lowest BCUT2D eigenvalue weighted by molar-refractivity contribution is -0.141. The van der Waals surface area contributed by atoms with Crippen molar-refractivity contribution in [3.05, 3.63) is 0 Å². The molecule has 19 heavy (non-hydrogen) atoms. The van der Waals surface area contributed by atoms with Crippen molar-refractivity contribution < 1.29 is 19.5 Å². The molecule has 8 heteroatoms. The highest BCUT2D eigenvalue weighted by Gasteiger charge is 2.23. The summed E-state index contributed by atoms with van der Waals surface area (Å²) in [4.78, 5) is 33.8. The van der Waals surface area contributed by atoms with Crippen LogP contribution >= 0.6 is 15.9 Å². The third-order valence-corrected chi connectivity index (χ3v) is 2.96. The van der Waals surface area contributed by atoms with Crippen molar-refractivity contribution in [3.63, 3.8) is 0 Å². The molecule has 0 rings (SSSR count). The second-order valence-corrected chi connectivity index (χ2v) is 4.67. The minimum absolute atomic E-state index is 0.0855. The van der Waals surface area contributed by atoms with E-state index in [1.165, 1.54) is 6.92 Å². The molecule has 7 nitrogen and oxygen atoms in total. The molecule has 0 aliphatic carbocycles. The van der Waals surface area contributed by atoms with Crippen LogP contribution in [0, 0.1) is 0 Å². The van der Waals surface area contributed by atoms with Gasteiger partial charge in [0.2, 0.25) is 11.8 Å². The molecule has 2 atom stereocenters. The van der Waals surface area contributed by atoms with Gasteiger partial charge in [0.05, 0.1) is 5.33 Å². The predicted octanol–water partition coefficient (Wildman–Crippen LogP) is -0.416. The zero-order chi connectivity index (χ0) is 14.8. The van der Waals surface area contributed by atoms with Crippen molar-refractivity contribution in [1.29, 1.82) is 0 Å². The lowest BCUT2D eigenvalue weighted by Gasteiger charge is -2.19. The normalized spacial score (nSPS) is 13.4. The van der Waals surface area contributed by atoms with Crippen LogP contribution < -0.4 is 16.4 Å². The first kappa shape index (κ1) is 17.8. The number of nitrogens with one attached hydrogen (secondary N) is 2. The largest absolute Gasteiger partial charge is 0.480 e. The van der Waals surface area contributed by atoms with E-state index in [0.29, 0.717) is 19.4 Å². The SMILES string of the molecule is C[C@@H](NC(=O)[C@H](CCCCN)NC(=O)CBr)C(=O)O. The highest BCUT2D eigenvalue weighted by Crippen LogP contribution is 2.02. The number of carboxylic acid groups (broad SMARTS) is 1. The summed E-state index contributed by atoms with van der Waals surface area (Å²) in [5.41, 5.74) is 5.37. The van der Waals surface area contributed by atoms with Crippen LogP contribution in [0.5, 0.6) is 0 Å². The fourth-order valence-corrected chi connectivity index (χ4v) is 1.53. The minimum Gasteiger partial charge on any atom is -0.480 e. The standard InChI is InChI=1S/C11H20BrN3O4/c1-7(11(18)19)14-10(17)8(4-2-3-5-13)15-9(16)6-12/h7-8H,2-6,13H2,1H3,(H,14,17)(H,15,16)(H,18,19)/t7-,8+/m1/s1. The molecule has 5 N–H and O–H groups in total. The van der Waals surface area contributed by atoms with E-state index >= 15 is 0 Å². The van der Waals surface area contributed by atoms with Gasteiger partial charge in [0, 0.05) is 0 Å². The molecule has 0 aromatic heterocycles. The molecule has 0 saturated heterocycles. The van der Waals surface area contributed by atoms with Crippen LogP contribution in [0.2, 0.25) is 0 Å². The number of nitrogens with two attached hydrogens (primary N) is 1. The fourth-order valence-electron chi connectivity index (χ4n) is 1.37. The monoisotopic (exact) mass is 337 g/mol. The summed E-state index contributed by atoms with van der Waals surface area (Å²) in [5, 5.41) is 13.7. The van der Waals surface area contributed by atoms with E-state index in [9.17, 15) is 14.4 Å². The Labute approximate surface area is 120 Å². The molecule has 0 unspecified atom stereocenters. The Balaban J connectivity index is 4.48. The van der Waals surface area contributed by atoms with Crippen LogP contribution in [0.1, 0.15) is 26.2 Å². The van der Waals surface area contributed by atoms with Crippen molar-refractivity contribution >= 4 is 33.7 Å². The van der Waals surface area contributed by atoms with Gasteiger partial charge in [0.15, 0.2) is 0 Å². The number of carboxylic acids is 1. The Kier molecular flexibility index (Phi) is 9.15. The summed E-state index contributed by atoms with van der Waals surface area (Å²) in [7, 11) is 0. The maximum atomic E-state index is 11.9. The van der Waals surface area contributed by atoms with E-state index in [-0.39, 0.29) is 11.2 Å². The Morgan fingerprint density at radius 1 is 1.26 bits per heavy atom. The number of hydrogen-bond acceptors (Lipinski definition) is 4. The third kappa shape index (κ3) is 7.78. The van der Waals surface area contributed by atoms with Gasteiger partial charge in [-0.25, -0.2) is 0 Å². The lowest BCUT2D eigenvalue weighted by Crippen LogP contribution is -2.51. The molecule has 0 bridgehead atoms. The molecule has 0 aromatic carbocycles. The fraction of sp³-hybridized carbons (Fsp3) is 0.727. The molecule has 0 saturated carbocycles. The van der Waals surface area contributed by atoms with Gasteiger partial charge >= 0.3 is 5.97 Å². The minimum atomic E-state index is -1.12. The Morgan fingerprint density at radius 2 is 1.89 bits per heavy atom. The Morgan fingerprint density at radius 3 is 2.37 bits per heavy atom. The van der Waals surface area contributed by atoms with E-state index in [0.717, 1.165) is 6.42 Å². The molecular formula is C11H20BrN3O4. The van der Waals surface area contributed by atoms with E-state index in [1.54, 1.807) is 0 Å². The van der Waals surface area contributed by atoms with Crippen molar-refractivity contribution in [2.24, 2.45) is 5.73 Å². The van der Waals surface area contributed by atoms with Crippen LogP contribution in [-0.4, -0.2) is 46.8 Å². The number of rotatable bonds is 9. The Bertz CT molecular complexity index is 325. The number of hydrogen-bond donors (Lipinski definition) is 4. The predicted molar refractivity (Wildman–Crippen MR) is 73.9 cm³/mol. The van der Waals surface area contributed by atoms with Crippen molar-refractivity contribution in [1.82, 2.24) is 10.6 Å². The van der Waals surface area contributed by atoms with Gasteiger partial charge in [-0.15, -0.1) is 0 Å². The first-order valence-electron chi connectivity index (χ1n) is 6.01. The van der Waals surface area contributed by atoms with E-state index in [4.69, 9.17) is 10.8 Å². The zero-order valence-electron chi connectivity index (χ0n) is 10.8. The van der Waals surface area contributed by atoms with Gasteiger partial charge in [-0.05, 0) is 32.7 Å². The number of aliphatic carboxylic acids is 1. The number of halogens is 1. The maximum absolute atomic E-state index is 11.9. The smallest absolute Gasteiger partial charge is 0.325 e. The quantitative estimate of drug-likeness (QED) is 0.336. The number of amides is 2. The lowest BCUT2D eigenvalue weighted by atomic mass is 10.1. The highest BCUT2D eigenvalue weighted by atomic mass is 79.9. The van der Waals surface area contributed by atoms with Gasteiger partial charge < -0.3 is 21.5 Å². The van der Waals surface area contributed by atoms with Crippen LogP contribution in [0.4, 0.5) is 0 Å². The van der Waals surface area contributed by atoms with Crippen molar-refractivity contribution in [2.45, 2.75) is 38.3 Å². The van der Waals surface area contributed by atoms with Gasteiger partial charge in [-0.3, -0.25) is 14.4 Å². The molecule has 0 radical (unpaired) electrons. The molecule has 0 aliphatic heterocycles. The van der Waals surface area contributed by atoms with Gasteiger partial charge in [-0.2, -0.15) is 0 Å². The van der Waals surface area contributed by atoms with Crippen molar-refractivity contribution in [3.8, 4) is 0 Å². The average molecular weight is 338 g/mol. The maximum Gasteiger partial charge on any atom is 0.325 e. The van der Waals surface area contributed by atoms with Crippen LogP contribution in [0.3, 0.4) is 0 Å². The second kappa shape index (κ2) is 9.74. The highest BCUT2D eigenvalue weighted by molar-refractivity contribution is 9.09. The topological polar surface area (TPSA) is 122 Å².